The van der Waals surface area contributed by atoms with Gasteiger partial charge in [-0.3, -0.25) is 4.90 Å². The Morgan fingerprint density at radius 3 is 2.19 bits per heavy atom. The molecule has 6 nitrogen and oxygen atoms in total. The van der Waals surface area contributed by atoms with Gasteiger partial charge in [-0.25, -0.2) is 9.78 Å². The van der Waals surface area contributed by atoms with Crippen LogP contribution in [0.5, 0.6) is 11.5 Å². The summed E-state index contributed by atoms with van der Waals surface area (Å²) in [5.74, 6) is 0.605. The Morgan fingerprint density at radius 2 is 1.64 bits per heavy atom. The first-order valence-electron chi connectivity index (χ1n) is 12.2. The Bertz CT molecular complexity index is 1130. The van der Waals surface area contributed by atoms with E-state index in [1.165, 1.54) is 11.1 Å². The quantitative estimate of drug-likeness (QED) is 0.327. The molecule has 0 spiro atoms. The van der Waals surface area contributed by atoms with Crippen molar-refractivity contribution in [2.24, 2.45) is 0 Å². The van der Waals surface area contributed by atoms with Gasteiger partial charge in [-0.15, -0.1) is 11.3 Å². The number of rotatable bonds is 10. The number of benzene rings is 2. The molecule has 0 aliphatic heterocycles. The zero-order chi connectivity index (χ0) is 26.5. The lowest BCUT2D eigenvalue weighted by Gasteiger charge is -2.30. The summed E-state index contributed by atoms with van der Waals surface area (Å²) in [5, 5.41) is 12.6. The number of esters is 1. The largest absolute Gasteiger partial charge is 0.508 e. The number of aromatic hydroxyl groups is 1. The van der Waals surface area contributed by atoms with Crippen molar-refractivity contribution in [3.63, 3.8) is 0 Å². The SMILES string of the molecule is Cc1cc(CN(CCc2ccc(O)cc2)Cc2nccs2)cc(C)c1OC(C)(C)C(=O)OC(C)(C)C. The number of phenols is 1. The first-order valence-corrected chi connectivity index (χ1v) is 13.1. The van der Waals surface area contributed by atoms with E-state index < -0.39 is 11.2 Å². The zero-order valence-electron chi connectivity index (χ0n) is 22.4. The van der Waals surface area contributed by atoms with Crippen LogP contribution in [0.2, 0.25) is 0 Å². The van der Waals surface area contributed by atoms with Crippen LogP contribution in [0.1, 0.15) is 61.9 Å². The highest BCUT2D eigenvalue weighted by Crippen LogP contribution is 2.30. The van der Waals surface area contributed by atoms with Crippen molar-refractivity contribution in [2.75, 3.05) is 6.54 Å². The number of phenolic OH excluding ortho intramolecular Hbond substituents is 1. The predicted molar refractivity (Wildman–Crippen MR) is 145 cm³/mol. The molecule has 36 heavy (non-hydrogen) atoms. The van der Waals surface area contributed by atoms with Gasteiger partial charge in [0.2, 0.25) is 0 Å². The van der Waals surface area contributed by atoms with Gasteiger partial charge in [0.25, 0.3) is 0 Å². The van der Waals surface area contributed by atoms with E-state index in [9.17, 15) is 9.90 Å². The third-order valence-corrected chi connectivity index (χ3v) is 6.43. The summed E-state index contributed by atoms with van der Waals surface area (Å²) < 4.78 is 11.8. The highest BCUT2D eigenvalue weighted by Gasteiger charge is 2.35. The summed E-state index contributed by atoms with van der Waals surface area (Å²) in [6, 6.07) is 11.6. The van der Waals surface area contributed by atoms with Crippen molar-refractivity contribution in [2.45, 2.75) is 79.2 Å². The average molecular weight is 511 g/mol. The molecule has 7 heteroatoms. The van der Waals surface area contributed by atoms with Crippen LogP contribution in [0.4, 0.5) is 0 Å². The fourth-order valence-electron chi connectivity index (χ4n) is 3.93. The minimum absolute atomic E-state index is 0.279. The number of aryl methyl sites for hydroxylation is 2. The van der Waals surface area contributed by atoms with E-state index in [2.05, 4.69) is 22.0 Å². The van der Waals surface area contributed by atoms with Crippen LogP contribution >= 0.6 is 11.3 Å². The van der Waals surface area contributed by atoms with E-state index in [-0.39, 0.29) is 11.7 Å². The van der Waals surface area contributed by atoms with Crippen molar-refractivity contribution in [1.29, 1.82) is 0 Å². The molecule has 3 rings (SSSR count). The molecule has 0 radical (unpaired) electrons. The molecule has 1 heterocycles. The van der Waals surface area contributed by atoms with Gasteiger partial charge in [-0.2, -0.15) is 0 Å². The number of nitrogens with zero attached hydrogens (tertiary/aromatic N) is 2. The number of hydrogen-bond donors (Lipinski definition) is 1. The lowest BCUT2D eigenvalue weighted by atomic mass is 10.0. The van der Waals surface area contributed by atoms with Crippen molar-refractivity contribution in [3.05, 3.63) is 75.2 Å². The Kier molecular flexibility index (Phi) is 8.80. The first-order chi connectivity index (χ1) is 16.8. The van der Waals surface area contributed by atoms with E-state index in [4.69, 9.17) is 9.47 Å². The minimum atomic E-state index is -1.11. The monoisotopic (exact) mass is 510 g/mol. The van der Waals surface area contributed by atoms with Crippen molar-refractivity contribution >= 4 is 17.3 Å². The maximum Gasteiger partial charge on any atom is 0.350 e. The summed E-state index contributed by atoms with van der Waals surface area (Å²) in [6.07, 6.45) is 2.71. The third-order valence-electron chi connectivity index (χ3n) is 5.67. The van der Waals surface area contributed by atoms with Gasteiger partial charge in [0, 0.05) is 24.7 Å². The van der Waals surface area contributed by atoms with Crippen molar-refractivity contribution in [1.82, 2.24) is 9.88 Å². The Morgan fingerprint density at radius 1 is 1.00 bits per heavy atom. The first kappa shape index (κ1) is 27.7. The molecule has 0 fully saturated rings. The molecule has 0 bridgehead atoms. The van der Waals surface area contributed by atoms with Crippen LogP contribution in [0.3, 0.4) is 0 Å². The van der Waals surface area contributed by atoms with Crippen LogP contribution in [0.15, 0.2) is 48.0 Å². The number of ether oxygens (including phenoxy) is 2. The fourth-order valence-corrected chi connectivity index (χ4v) is 4.59. The van der Waals surface area contributed by atoms with Gasteiger partial charge in [0.1, 0.15) is 22.1 Å². The topological polar surface area (TPSA) is 71.9 Å². The standard InChI is InChI=1S/C29H38N2O4S/c1-20-16-23(17-21(2)26(20)34-29(6,7)27(33)35-28(3,4)5)18-31(19-25-30-13-15-36-25)14-12-22-8-10-24(32)11-9-22/h8-11,13,15-17,32H,12,14,18-19H2,1-7H3. The van der Waals surface area contributed by atoms with E-state index in [1.807, 2.05) is 58.3 Å². The molecule has 3 aromatic rings. The number of aromatic nitrogens is 1. The molecule has 0 atom stereocenters. The third kappa shape index (κ3) is 8.07. The lowest BCUT2D eigenvalue weighted by molar-refractivity contribution is -0.171. The Balaban J connectivity index is 1.75. The van der Waals surface area contributed by atoms with Gasteiger partial charge >= 0.3 is 5.97 Å². The maximum absolute atomic E-state index is 12.7. The van der Waals surface area contributed by atoms with Crippen LogP contribution in [0.25, 0.3) is 0 Å². The van der Waals surface area contributed by atoms with Crippen molar-refractivity contribution in [3.8, 4) is 11.5 Å². The van der Waals surface area contributed by atoms with Crippen LogP contribution in [0, 0.1) is 13.8 Å². The van der Waals surface area contributed by atoms with E-state index in [0.29, 0.717) is 5.75 Å². The van der Waals surface area contributed by atoms with E-state index in [1.54, 1.807) is 37.3 Å². The Labute approximate surface area is 218 Å². The van der Waals surface area contributed by atoms with Crippen LogP contribution in [-0.2, 0) is 29.0 Å². The summed E-state index contributed by atoms with van der Waals surface area (Å²) in [5.41, 5.74) is 2.63. The lowest BCUT2D eigenvalue weighted by Crippen LogP contribution is -2.43. The van der Waals surface area contributed by atoms with E-state index in [0.717, 1.165) is 42.2 Å². The number of hydrogen-bond acceptors (Lipinski definition) is 7. The van der Waals surface area contributed by atoms with Gasteiger partial charge in [0.15, 0.2) is 5.60 Å². The highest BCUT2D eigenvalue weighted by atomic mass is 32.1. The molecule has 194 valence electrons. The van der Waals surface area contributed by atoms with Crippen LogP contribution in [-0.4, -0.2) is 38.7 Å². The second kappa shape index (κ2) is 11.4. The number of thiazole rings is 1. The predicted octanol–water partition coefficient (Wildman–Crippen LogP) is 6.21. The van der Waals surface area contributed by atoms with Crippen molar-refractivity contribution < 1.29 is 19.4 Å². The van der Waals surface area contributed by atoms with Crippen LogP contribution < -0.4 is 4.74 Å². The molecule has 0 saturated heterocycles. The summed E-state index contributed by atoms with van der Waals surface area (Å²) >= 11 is 1.66. The van der Waals surface area contributed by atoms with E-state index >= 15 is 0 Å². The molecule has 0 amide bonds. The van der Waals surface area contributed by atoms with Gasteiger partial charge < -0.3 is 14.6 Å². The maximum atomic E-state index is 12.7. The molecule has 1 aromatic heterocycles. The summed E-state index contributed by atoms with van der Waals surface area (Å²) in [6.45, 7) is 15.4. The van der Waals surface area contributed by atoms with Gasteiger partial charge in [-0.1, -0.05) is 24.3 Å². The fraction of sp³-hybridized carbons (Fsp3) is 0.448. The molecular formula is C29H38N2O4S. The molecule has 2 aromatic carbocycles. The summed E-state index contributed by atoms with van der Waals surface area (Å²) in [4.78, 5) is 19.6. The average Bonchev–Trinajstić information content (AvgIpc) is 3.28. The molecule has 0 unspecified atom stereocenters. The molecular weight excluding hydrogens is 472 g/mol. The minimum Gasteiger partial charge on any atom is -0.508 e. The second-order valence-electron chi connectivity index (χ2n) is 10.7. The molecule has 0 saturated carbocycles. The van der Waals surface area contributed by atoms with Gasteiger partial charge in [0.05, 0.1) is 6.54 Å². The zero-order valence-corrected chi connectivity index (χ0v) is 23.2. The Hall–Kier alpha value is -2.90. The summed E-state index contributed by atoms with van der Waals surface area (Å²) in [7, 11) is 0. The number of carbonyl (C=O) groups is 1. The molecule has 1 N–H and O–H groups in total. The molecule has 0 aliphatic rings. The second-order valence-corrected chi connectivity index (χ2v) is 11.7. The van der Waals surface area contributed by atoms with Gasteiger partial charge in [-0.05, 0) is 89.3 Å². The highest BCUT2D eigenvalue weighted by molar-refractivity contribution is 7.09. The molecule has 0 aliphatic carbocycles. The number of carbonyl (C=O) groups excluding carboxylic acids is 1. The smallest absolute Gasteiger partial charge is 0.350 e. The normalized spacial score (nSPS) is 12.1.